The lowest BCUT2D eigenvalue weighted by Crippen LogP contribution is -2.64. The van der Waals surface area contributed by atoms with Crippen molar-refractivity contribution in [2.24, 2.45) is 0 Å². The molecule has 0 saturated carbocycles. The van der Waals surface area contributed by atoms with Gasteiger partial charge in [0.1, 0.15) is 17.5 Å². The molecule has 0 radical (unpaired) electrons. The van der Waals surface area contributed by atoms with E-state index in [0.717, 1.165) is 0 Å². The number of carbonyl (C=O) groups excluding carboxylic acids is 1. The van der Waals surface area contributed by atoms with Crippen LogP contribution in [0.2, 0.25) is 0 Å². The van der Waals surface area contributed by atoms with Gasteiger partial charge in [0.05, 0.1) is 34.1 Å². The summed E-state index contributed by atoms with van der Waals surface area (Å²) in [5, 5.41) is 0.311. The smallest absolute Gasteiger partial charge is 0.286 e. The van der Waals surface area contributed by atoms with Gasteiger partial charge in [-0.2, -0.15) is 0 Å². The van der Waals surface area contributed by atoms with E-state index in [1.54, 1.807) is 22.9 Å². The fraction of sp³-hybridized carbons (Fsp3) is 0.500. The summed E-state index contributed by atoms with van der Waals surface area (Å²) >= 11 is 3.95. The van der Waals surface area contributed by atoms with Gasteiger partial charge in [0.25, 0.3) is 11.5 Å². The van der Waals surface area contributed by atoms with Gasteiger partial charge < -0.3 is 14.7 Å². The predicted molar refractivity (Wildman–Crippen MR) is 135 cm³/mol. The van der Waals surface area contributed by atoms with E-state index in [9.17, 15) is 14.0 Å². The van der Waals surface area contributed by atoms with E-state index in [4.69, 9.17) is 0 Å². The van der Waals surface area contributed by atoms with E-state index in [1.165, 1.54) is 20.7 Å². The van der Waals surface area contributed by atoms with Crippen LogP contribution >= 0.6 is 45.7 Å². The molecule has 1 fully saturated rings. The van der Waals surface area contributed by atoms with Gasteiger partial charge in [0.15, 0.2) is 5.82 Å². The fourth-order valence-corrected chi connectivity index (χ4v) is 5.50. The number of halogens is 4. The molecule has 0 aliphatic carbocycles. The van der Waals surface area contributed by atoms with E-state index in [1.807, 2.05) is 30.8 Å². The standard InChI is InChI=1S/C20H23F2I2N5O2/c1-10-8-27-14(9-28(10)23)19(30)26(6-5-25(3)4)18-17(27)12-7-13(21)11(2)15(22)16(12)29(24)20(18)31/h7,10,14H,5-6,8-9H2,1-4H3. The maximum atomic E-state index is 15.1. The van der Waals surface area contributed by atoms with Gasteiger partial charge in [-0.05, 0) is 34.0 Å². The molecule has 3 heterocycles. The van der Waals surface area contributed by atoms with Crippen molar-refractivity contribution in [3.05, 3.63) is 33.6 Å². The maximum Gasteiger partial charge on any atom is 0.286 e. The first-order valence-electron chi connectivity index (χ1n) is 9.93. The first-order valence-corrected chi connectivity index (χ1v) is 11.9. The number of benzene rings is 1. The van der Waals surface area contributed by atoms with E-state index in [0.29, 0.717) is 37.3 Å². The largest absolute Gasteiger partial charge is 0.354 e. The summed E-state index contributed by atoms with van der Waals surface area (Å²) in [6.07, 6.45) is 0. The average Bonchev–Trinajstić information content (AvgIpc) is 2.70. The molecular weight excluding hydrogens is 634 g/mol. The zero-order valence-electron chi connectivity index (χ0n) is 17.6. The second kappa shape index (κ2) is 8.37. The van der Waals surface area contributed by atoms with Crippen LogP contribution < -0.4 is 15.4 Å². The molecule has 11 heteroatoms. The van der Waals surface area contributed by atoms with Crippen molar-refractivity contribution in [1.82, 2.24) is 10.8 Å². The monoisotopic (exact) mass is 657 g/mol. The topological polar surface area (TPSA) is 52.0 Å². The van der Waals surface area contributed by atoms with Crippen molar-refractivity contribution in [1.29, 1.82) is 0 Å². The Bertz CT molecular complexity index is 1140. The van der Waals surface area contributed by atoms with Crippen LogP contribution in [0, 0.1) is 18.6 Å². The average molecular weight is 657 g/mol. The minimum atomic E-state index is -0.752. The van der Waals surface area contributed by atoms with Crippen molar-refractivity contribution in [2.45, 2.75) is 25.9 Å². The Balaban J connectivity index is 2.07. The van der Waals surface area contributed by atoms with Crippen LogP contribution in [0.4, 0.5) is 20.2 Å². The van der Waals surface area contributed by atoms with E-state index in [-0.39, 0.29) is 28.7 Å². The van der Waals surface area contributed by atoms with Gasteiger partial charge in [0.2, 0.25) is 0 Å². The minimum absolute atomic E-state index is 0.0495. The molecule has 2 atom stereocenters. The zero-order valence-corrected chi connectivity index (χ0v) is 21.9. The number of fused-ring (bicyclic) bond motifs is 5. The van der Waals surface area contributed by atoms with Gasteiger partial charge >= 0.3 is 0 Å². The van der Waals surface area contributed by atoms with Crippen LogP contribution in [-0.2, 0) is 4.79 Å². The van der Waals surface area contributed by atoms with Crippen molar-refractivity contribution < 1.29 is 13.6 Å². The summed E-state index contributed by atoms with van der Waals surface area (Å²) in [5.41, 5.74) is 0.0967. The van der Waals surface area contributed by atoms with Crippen molar-refractivity contribution >= 4 is 73.9 Å². The van der Waals surface area contributed by atoms with E-state index < -0.39 is 23.2 Å². The Labute approximate surface area is 206 Å². The van der Waals surface area contributed by atoms with Crippen LogP contribution in [0.15, 0.2) is 10.9 Å². The van der Waals surface area contributed by atoms with Crippen LogP contribution in [0.3, 0.4) is 0 Å². The molecule has 0 spiro atoms. The molecular formula is C20H23F2I2N5O2. The van der Waals surface area contributed by atoms with E-state index >= 15 is 4.39 Å². The summed E-state index contributed by atoms with van der Waals surface area (Å²) in [6.45, 7) is 5.19. The number of pyridine rings is 1. The number of carbonyl (C=O) groups is 1. The summed E-state index contributed by atoms with van der Waals surface area (Å²) < 4.78 is 33.0. The third-order valence-corrected chi connectivity index (χ3v) is 8.29. The Morgan fingerprint density at radius 2 is 1.84 bits per heavy atom. The molecule has 1 saturated heterocycles. The molecule has 168 valence electrons. The quantitative estimate of drug-likeness (QED) is 0.376. The molecule has 2 aliphatic rings. The lowest BCUT2D eigenvalue weighted by atomic mass is 9.98. The van der Waals surface area contributed by atoms with Crippen LogP contribution in [0.5, 0.6) is 0 Å². The Morgan fingerprint density at radius 1 is 1.16 bits per heavy atom. The molecule has 1 aromatic heterocycles. The van der Waals surface area contributed by atoms with Crippen LogP contribution in [-0.4, -0.2) is 69.1 Å². The number of piperazine rings is 1. The molecule has 7 nitrogen and oxygen atoms in total. The second-order valence-corrected chi connectivity index (χ2v) is 10.6. The molecule has 1 amide bonds. The number of likely N-dealkylation sites (N-methyl/N-ethyl adjacent to an activating group) is 1. The van der Waals surface area contributed by atoms with E-state index in [2.05, 4.69) is 26.0 Å². The highest BCUT2D eigenvalue weighted by Gasteiger charge is 2.45. The highest BCUT2D eigenvalue weighted by molar-refractivity contribution is 14.1. The number of hydrogen-bond acceptors (Lipinski definition) is 5. The molecule has 2 aromatic rings. The number of hydrogen-bond donors (Lipinski definition) is 0. The third-order valence-electron chi connectivity index (χ3n) is 6.02. The van der Waals surface area contributed by atoms with Gasteiger partial charge in [-0.1, -0.05) is 0 Å². The molecule has 0 bridgehead atoms. The summed E-state index contributed by atoms with van der Waals surface area (Å²) in [7, 11) is 3.78. The lowest BCUT2D eigenvalue weighted by molar-refractivity contribution is -0.120. The first kappa shape index (κ1) is 23.1. The predicted octanol–water partition coefficient (Wildman–Crippen LogP) is 2.92. The number of anilines is 2. The Kier molecular flexibility index (Phi) is 6.24. The summed E-state index contributed by atoms with van der Waals surface area (Å²) in [4.78, 5) is 32.3. The van der Waals surface area contributed by atoms with Gasteiger partial charge in [-0.3, -0.25) is 9.59 Å². The molecule has 31 heavy (non-hydrogen) atoms. The molecule has 1 aromatic carbocycles. The molecule has 0 N–H and O–H groups in total. The number of aromatic nitrogens is 1. The number of nitrogens with zero attached hydrogens (tertiary/aromatic N) is 5. The van der Waals surface area contributed by atoms with Crippen LogP contribution in [0.1, 0.15) is 12.5 Å². The Hall–Kier alpha value is -1.06. The van der Waals surface area contributed by atoms with Crippen molar-refractivity contribution in [3.63, 3.8) is 0 Å². The molecule has 2 aliphatic heterocycles. The maximum absolute atomic E-state index is 15.1. The Morgan fingerprint density at radius 3 is 2.48 bits per heavy atom. The SMILES string of the molecule is Cc1c(F)cc2c3c(c(=O)n(I)c2c1F)N(CCN(C)C)C(=O)C1CN(I)C(C)CN31. The van der Waals surface area contributed by atoms with Gasteiger partial charge in [-0.15, -0.1) is 0 Å². The summed E-state index contributed by atoms with van der Waals surface area (Å²) in [6, 6.07) is 0.866. The molecule has 4 rings (SSSR count). The first-order chi connectivity index (χ1) is 14.5. The van der Waals surface area contributed by atoms with Gasteiger partial charge in [-0.25, -0.2) is 14.7 Å². The second-order valence-electron chi connectivity index (χ2n) is 8.37. The fourth-order valence-electron chi connectivity index (χ4n) is 4.25. The molecule has 2 unspecified atom stereocenters. The number of amides is 1. The van der Waals surface area contributed by atoms with Crippen molar-refractivity contribution in [3.8, 4) is 0 Å². The lowest BCUT2D eigenvalue weighted by Gasteiger charge is -2.49. The van der Waals surface area contributed by atoms with Crippen molar-refractivity contribution in [2.75, 3.05) is 50.1 Å². The third kappa shape index (κ3) is 3.64. The van der Waals surface area contributed by atoms with Crippen LogP contribution in [0.25, 0.3) is 10.9 Å². The number of rotatable bonds is 3. The highest BCUT2D eigenvalue weighted by Crippen LogP contribution is 2.43. The zero-order chi connectivity index (χ0) is 22.8. The van der Waals surface area contributed by atoms with Gasteiger partial charge in [0, 0.05) is 66.0 Å². The highest BCUT2D eigenvalue weighted by atomic mass is 127. The minimum Gasteiger partial charge on any atom is -0.354 e. The normalized spacial score (nSPS) is 21.8. The summed E-state index contributed by atoms with van der Waals surface area (Å²) in [5.74, 6) is -1.59.